The smallest absolute Gasteiger partial charge is 0.153 e. The molecular formula is C14H23NO4S2. The molecule has 1 aromatic rings. The molecule has 0 amide bonds. The molecule has 0 heterocycles. The van der Waals surface area contributed by atoms with Crippen LogP contribution in [0.2, 0.25) is 0 Å². The van der Waals surface area contributed by atoms with Crippen molar-refractivity contribution in [3.63, 3.8) is 0 Å². The molecule has 0 radical (unpaired) electrons. The van der Waals surface area contributed by atoms with E-state index < -0.39 is 19.7 Å². The first-order chi connectivity index (χ1) is 9.64. The number of hydrogen-bond acceptors (Lipinski definition) is 5. The summed E-state index contributed by atoms with van der Waals surface area (Å²) in [7, 11) is -6.72. The quantitative estimate of drug-likeness (QED) is 0.771. The van der Waals surface area contributed by atoms with E-state index >= 15 is 0 Å². The first-order valence-electron chi connectivity index (χ1n) is 6.81. The monoisotopic (exact) mass is 333 g/mol. The zero-order chi connectivity index (χ0) is 16.1. The van der Waals surface area contributed by atoms with Gasteiger partial charge in [-0.3, -0.25) is 0 Å². The Morgan fingerprint density at radius 3 is 2.24 bits per heavy atom. The van der Waals surface area contributed by atoms with Gasteiger partial charge in [-0.05, 0) is 24.6 Å². The third-order valence-electron chi connectivity index (χ3n) is 3.20. The van der Waals surface area contributed by atoms with Gasteiger partial charge in [0.1, 0.15) is 9.84 Å². The Morgan fingerprint density at radius 1 is 1.10 bits per heavy atom. The SMILES string of the molecule is CCNC(CS(=O)(=O)CCS(C)(=O)=O)c1ccccc1C. The fraction of sp³-hybridized carbons (Fsp3) is 0.571. The van der Waals surface area contributed by atoms with Crippen LogP contribution in [0.1, 0.15) is 24.1 Å². The zero-order valence-electron chi connectivity index (χ0n) is 12.7. The van der Waals surface area contributed by atoms with Crippen molar-refractivity contribution in [3.8, 4) is 0 Å². The van der Waals surface area contributed by atoms with Gasteiger partial charge < -0.3 is 5.32 Å². The van der Waals surface area contributed by atoms with Gasteiger partial charge in [0, 0.05) is 12.3 Å². The molecule has 0 aliphatic heterocycles. The molecule has 1 atom stereocenters. The highest BCUT2D eigenvalue weighted by atomic mass is 32.2. The molecule has 7 heteroatoms. The summed E-state index contributed by atoms with van der Waals surface area (Å²) in [5, 5.41) is 3.16. The van der Waals surface area contributed by atoms with Crippen molar-refractivity contribution in [1.82, 2.24) is 5.32 Å². The third-order valence-corrected chi connectivity index (χ3v) is 6.07. The van der Waals surface area contributed by atoms with Crippen LogP contribution in [0.5, 0.6) is 0 Å². The minimum absolute atomic E-state index is 0.0960. The predicted octanol–water partition coefficient (Wildman–Crippen LogP) is 1.11. The molecule has 0 fully saturated rings. The Balaban J connectivity index is 2.91. The average Bonchev–Trinajstić information content (AvgIpc) is 2.36. The van der Waals surface area contributed by atoms with Gasteiger partial charge in [-0.15, -0.1) is 0 Å². The van der Waals surface area contributed by atoms with E-state index in [1.165, 1.54) is 0 Å². The second-order valence-corrected chi connectivity index (χ2v) is 9.70. The van der Waals surface area contributed by atoms with Crippen LogP contribution in [-0.2, 0) is 19.7 Å². The summed E-state index contributed by atoms with van der Waals surface area (Å²) in [4.78, 5) is 0. The standard InChI is InChI=1S/C14H23NO4S2/c1-4-15-14(13-8-6-5-7-12(13)2)11-21(18,19)10-9-20(3,16)17/h5-8,14-15H,4,9-11H2,1-3H3. The molecule has 0 bridgehead atoms. The summed E-state index contributed by atoms with van der Waals surface area (Å²) in [5.41, 5.74) is 1.95. The topological polar surface area (TPSA) is 80.3 Å². The van der Waals surface area contributed by atoms with E-state index in [2.05, 4.69) is 5.32 Å². The lowest BCUT2D eigenvalue weighted by molar-refractivity contribution is 0.557. The summed E-state index contributed by atoms with van der Waals surface area (Å²) >= 11 is 0. The number of benzene rings is 1. The Hall–Kier alpha value is -0.920. The van der Waals surface area contributed by atoms with E-state index in [-0.39, 0.29) is 23.3 Å². The molecule has 0 aliphatic carbocycles. The number of aryl methyl sites for hydroxylation is 1. The van der Waals surface area contributed by atoms with Gasteiger partial charge in [0.25, 0.3) is 0 Å². The van der Waals surface area contributed by atoms with Gasteiger partial charge in [0.15, 0.2) is 9.84 Å². The molecule has 0 aliphatic rings. The summed E-state index contributed by atoms with van der Waals surface area (Å²) in [6, 6.07) is 7.29. The summed E-state index contributed by atoms with van der Waals surface area (Å²) < 4.78 is 46.6. The molecule has 1 rings (SSSR count). The first kappa shape index (κ1) is 18.1. The van der Waals surface area contributed by atoms with Crippen LogP contribution in [0.25, 0.3) is 0 Å². The highest BCUT2D eigenvalue weighted by molar-refractivity contribution is 7.94. The van der Waals surface area contributed by atoms with Crippen LogP contribution in [0.3, 0.4) is 0 Å². The van der Waals surface area contributed by atoms with E-state index in [4.69, 9.17) is 0 Å². The lowest BCUT2D eigenvalue weighted by Crippen LogP contribution is -2.31. The minimum atomic E-state index is -3.44. The van der Waals surface area contributed by atoms with Crippen molar-refractivity contribution in [1.29, 1.82) is 0 Å². The van der Waals surface area contributed by atoms with E-state index in [1.807, 2.05) is 38.1 Å². The molecule has 120 valence electrons. The van der Waals surface area contributed by atoms with Crippen LogP contribution in [-0.4, -0.2) is 46.9 Å². The normalized spacial score (nSPS) is 14.0. The first-order valence-corrected chi connectivity index (χ1v) is 10.7. The van der Waals surface area contributed by atoms with Gasteiger partial charge in [0.2, 0.25) is 0 Å². The summed E-state index contributed by atoms with van der Waals surface area (Å²) in [5.74, 6) is -0.761. The van der Waals surface area contributed by atoms with Crippen LogP contribution in [0.15, 0.2) is 24.3 Å². The number of nitrogens with one attached hydrogen (secondary N) is 1. The van der Waals surface area contributed by atoms with E-state index in [0.717, 1.165) is 17.4 Å². The summed E-state index contributed by atoms with van der Waals surface area (Å²) in [6.07, 6.45) is 1.05. The zero-order valence-corrected chi connectivity index (χ0v) is 14.3. The predicted molar refractivity (Wildman–Crippen MR) is 86.0 cm³/mol. The van der Waals surface area contributed by atoms with Crippen LogP contribution in [0, 0.1) is 6.92 Å². The maximum atomic E-state index is 12.1. The van der Waals surface area contributed by atoms with Gasteiger partial charge in [0.05, 0.1) is 17.3 Å². The molecular weight excluding hydrogens is 310 g/mol. The van der Waals surface area contributed by atoms with Crippen molar-refractivity contribution in [2.75, 3.05) is 30.1 Å². The van der Waals surface area contributed by atoms with E-state index in [9.17, 15) is 16.8 Å². The minimum Gasteiger partial charge on any atom is -0.309 e. The van der Waals surface area contributed by atoms with Gasteiger partial charge in [-0.25, -0.2) is 16.8 Å². The van der Waals surface area contributed by atoms with Gasteiger partial charge >= 0.3 is 0 Å². The highest BCUT2D eigenvalue weighted by Gasteiger charge is 2.22. The van der Waals surface area contributed by atoms with Crippen molar-refractivity contribution in [2.45, 2.75) is 19.9 Å². The lowest BCUT2D eigenvalue weighted by atomic mass is 10.0. The van der Waals surface area contributed by atoms with E-state index in [0.29, 0.717) is 6.54 Å². The Kier molecular flexibility index (Phi) is 6.37. The molecule has 5 nitrogen and oxygen atoms in total. The van der Waals surface area contributed by atoms with Crippen molar-refractivity contribution >= 4 is 19.7 Å². The number of rotatable bonds is 8. The largest absolute Gasteiger partial charge is 0.309 e. The Bertz CT molecular complexity index is 666. The molecule has 21 heavy (non-hydrogen) atoms. The van der Waals surface area contributed by atoms with Crippen molar-refractivity contribution in [3.05, 3.63) is 35.4 Å². The van der Waals surface area contributed by atoms with Crippen LogP contribution < -0.4 is 5.32 Å². The fourth-order valence-corrected chi connectivity index (χ4v) is 5.30. The number of hydrogen-bond donors (Lipinski definition) is 1. The molecule has 0 aromatic heterocycles. The molecule has 1 aromatic carbocycles. The van der Waals surface area contributed by atoms with Gasteiger partial charge in [-0.2, -0.15) is 0 Å². The highest BCUT2D eigenvalue weighted by Crippen LogP contribution is 2.19. The maximum absolute atomic E-state index is 12.1. The average molecular weight is 333 g/mol. The second-order valence-electron chi connectivity index (χ2n) is 5.21. The molecule has 0 spiro atoms. The van der Waals surface area contributed by atoms with Crippen LogP contribution >= 0.6 is 0 Å². The molecule has 0 saturated carbocycles. The van der Waals surface area contributed by atoms with Crippen molar-refractivity contribution in [2.24, 2.45) is 0 Å². The Morgan fingerprint density at radius 2 is 1.71 bits per heavy atom. The second kappa shape index (κ2) is 7.38. The molecule has 1 N–H and O–H groups in total. The molecule has 1 unspecified atom stereocenters. The number of sulfone groups is 2. The third kappa shape index (κ3) is 6.58. The lowest BCUT2D eigenvalue weighted by Gasteiger charge is -2.20. The van der Waals surface area contributed by atoms with Crippen LogP contribution in [0.4, 0.5) is 0 Å². The molecule has 0 saturated heterocycles. The fourth-order valence-electron chi connectivity index (χ4n) is 2.10. The van der Waals surface area contributed by atoms with E-state index in [1.54, 1.807) is 0 Å². The summed E-state index contributed by atoms with van der Waals surface area (Å²) in [6.45, 7) is 4.48. The Labute approximate surface area is 127 Å². The van der Waals surface area contributed by atoms with Gasteiger partial charge in [-0.1, -0.05) is 31.2 Å². The van der Waals surface area contributed by atoms with Crippen molar-refractivity contribution < 1.29 is 16.8 Å². The maximum Gasteiger partial charge on any atom is 0.153 e.